The summed E-state index contributed by atoms with van der Waals surface area (Å²) < 4.78 is 16.4. The van der Waals surface area contributed by atoms with E-state index in [2.05, 4.69) is 24.9 Å². The van der Waals surface area contributed by atoms with Crippen molar-refractivity contribution >= 4 is 11.5 Å². The Morgan fingerprint density at radius 3 is 2.58 bits per heavy atom. The second kappa shape index (κ2) is 7.23. The summed E-state index contributed by atoms with van der Waals surface area (Å²) in [7, 11) is 1.83. The molecule has 0 bridgehead atoms. The summed E-state index contributed by atoms with van der Waals surface area (Å²) in [6, 6.07) is 6.30. The van der Waals surface area contributed by atoms with Crippen molar-refractivity contribution in [2.24, 2.45) is 12.0 Å². The lowest BCUT2D eigenvalue weighted by Crippen LogP contribution is -2.47. The molecule has 2 fully saturated rings. The molecule has 0 atom stereocenters. The van der Waals surface area contributed by atoms with Crippen molar-refractivity contribution in [2.45, 2.75) is 25.4 Å². The molecule has 1 saturated carbocycles. The van der Waals surface area contributed by atoms with E-state index in [0.29, 0.717) is 12.1 Å². The zero-order valence-electron chi connectivity index (χ0n) is 17.5. The monoisotopic (exact) mass is 417 g/mol. The maximum atomic E-state index is 14.7. The first kappa shape index (κ1) is 18.6. The van der Waals surface area contributed by atoms with Crippen molar-refractivity contribution in [3.05, 3.63) is 59.6 Å². The average molecular weight is 417 g/mol. The van der Waals surface area contributed by atoms with Crippen molar-refractivity contribution in [1.82, 2.24) is 24.6 Å². The number of halogens is 1. The Morgan fingerprint density at radius 2 is 1.84 bits per heavy atom. The first-order chi connectivity index (χ1) is 15.2. The lowest BCUT2D eigenvalue weighted by Gasteiger charge is -2.35. The molecule has 8 heteroatoms. The van der Waals surface area contributed by atoms with Crippen LogP contribution in [-0.2, 0) is 13.6 Å². The van der Waals surface area contributed by atoms with Crippen LogP contribution in [0, 0.1) is 5.82 Å². The molecule has 0 spiro atoms. The summed E-state index contributed by atoms with van der Waals surface area (Å²) in [5.74, 6) is 0.686. The largest absolute Gasteiger partial charge is 0.354 e. The number of aromatic nitrogens is 4. The number of anilines is 1. The molecule has 1 aromatic carbocycles. The van der Waals surface area contributed by atoms with E-state index in [1.54, 1.807) is 23.3 Å². The highest BCUT2D eigenvalue weighted by Gasteiger charge is 2.31. The maximum absolute atomic E-state index is 14.7. The van der Waals surface area contributed by atoms with Crippen molar-refractivity contribution < 1.29 is 4.39 Å². The second-order valence-corrected chi connectivity index (χ2v) is 8.57. The molecule has 7 nitrogen and oxygen atoms in total. The Balaban J connectivity index is 1.29. The van der Waals surface area contributed by atoms with Gasteiger partial charge in [-0.05, 0) is 30.5 Å². The Labute approximate surface area is 180 Å². The molecule has 4 heterocycles. The van der Waals surface area contributed by atoms with Gasteiger partial charge in [0.25, 0.3) is 0 Å². The van der Waals surface area contributed by atoms with Crippen LogP contribution in [0.4, 0.5) is 10.2 Å². The van der Waals surface area contributed by atoms with Gasteiger partial charge >= 0.3 is 0 Å². The predicted molar refractivity (Wildman–Crippen MR) is 117 cm³/mol. The van der Waals surface area contributed by atoms with E-state index in [9.17, 15) is 4.39 Å². The Morgan fingerprint density at radius 1 is 1.00 bits per heavy atom. The highest BCUT2D eigenvalue weighted by atomic mass is 19.1. The summed E-state index contributed by atoms with van der Waals surface area (Å²) in [6.07, 6.45) is 7.81. The van der Waals surface area contributed by atoms with Gasteiger partial charge in [-0.25, -0.2) is 14.4 Å². The van der Waals surface area contributed by atoms with E-state index in [4.69, 9.17) is 4.99 Å². The third-order valence-electron chi connectivity index (χ3n) is 6.47. The Kier molecular flexibility index (Phi) is 4.34. The van der Waals surface area contributed by atoms with Crippen LogP contribution in [0.5, 0.6) is 0 Å². The third kappa shape index (κ3) is 3.40. The van der Waals surface area contributed by atoms with Crippen LogP contribution < -0.4 is 4.90 Å². The number of hydrogen-bond acceptors (Lipinski definition) is 6. The molecule has 6 rings (SSSR count). The van der Waals surface area contributed by atoms with Crippen LogP contribution in [0.15, 0.2) is 41.9 Å². The number of aliphatic imine (C=N–C) groups is 1. The summed E-state index contributed by atoms with van der Waals surface area (Å²) in [6.45, 7) is 4.59. The van der Waals surface area contributed by atoms with Crippen LogP contribution in [-0.4, -0.2) is 62.6 Å². The minimum Gasteiger partial charge on any atom is -0.354 e. The van der Waals surface area contributed by atoms with Crippen LogP contribution in [0.1, 0.15) is 29.7 Å². The number of hydrogen-bond donors (Lipinski definition) is 0. The SMILES string of the molecule is Cn1cc(-c2cc3c(cc2F)CN=C3c2cc(N3CCN(C4CC4)CC3)ncn2)cn1. The van der Waals surface area contributed by atoms with Crippen LogP contribution >= 0.6 is 0 Å². The van der Waals surface area contributed by atoms with Gasteiger partial charge in [0.05, 0.1) is 24.1 Å². The van der Waals surface area contributed by atoms with Gasteiger partial charge in [0.2, 0.25) is 0 Å². The van der Waals surface area contributed by atoms with Gasteiger partial charge in [-0.2, -0.15) is 5.10 Å². The van der Waals surface area contributed by atoms with E-state index >= 15 is 0 Å². The summed E-state index contributed by atoms with van der Waals surface area (Å²) in [5, 5.41) is 4.18. The molecule has 3 aliphatic rings. The molecule has 0 N–H and O–H groups in total. The fraction of sp³-hybridized carbons (Fsp3) is 0.391. The minimum absolute atomic E-state index is 0.250. The zero-order valence-corrected chi connectivity index (χ0v) is 17.5. The molecular weight excluding hydrogens is 393 g/mol. The van der Waals surface area contributed by atoms with E-state index in [-0.39, 0.29) is 5.82 Å². The molecule has 0 unspecified atom stereocenters. The molecule has 31 heavy (non-hydrogen) atoms. The molecular formula is C23H24FN7. The van der Waals surface area contributed by atoms with Gasteiger partial charge in [-0.1, -0.05) is 0 Å². The lowest BCUT2D eigenvalue weighted by molar-refractivity contribution is 0.247. The van der Waals surface area contributed by atoms with E-state index in [1.807, 2.05) is 25.4 Å². The number of aryl methyl sites for hydroxylation is 1. The zero-order chi connectivity index (χ0) is 20.9. The van der Waals surface area contributed by atoms with Gasteiger partial charge in [-0.3, -0.25) is 14.6 Å². The maximum Gasteiger partial charge on any atom is 0.132 e. The lowest BCUT2D eigenvalue weighted by atomic mass is 9.97. The van der Waals surface area contributed by atoms with Crippen LogP contribution in [0.3, 0.4) is 0 Å². The van der Waals surface area contributed by atoms with E-state index in [0.717, 1.165) is 66.1 Å². The molecule has 0 radical (unpaired) electrons. The van der Waals surface area contributed by atoms with Crippen LogP contribution in [0.25, 0.3) is 11.1 Å². The fourth-order valence-electron chi connectivity index (χ4n) is 4.62. The molecule has 2 aromatic heterocycles. The molecule has 158 valence electrons. The smallest absolute Gasteiger partial charge is 0.132 e. The number of benzene rings is 1. The topological polar surface area (TPSA) is 62.4 Å². The molecule has 1 aliphatic carbocycles. The number of piperazine rings is 1. The fourth-order valence-corrected chi connectivity index (χ4v) is 4.62. The summed E-state index contributed by atoms with van der Waals surface area (Å²) in [4.78, 5) is 18.6. The van der Waals surface area contributed by atoms with Gasteiger partial charge < -0.3 is 4.90 Å². The summed E-state index contributed by atoms with van der Waals surface area (Å²) in [5.41, 5.74) is 4.71. The van der Waals surface area contributed by atoms with Crippen molar-refractivity contribution in [1.29, 1.82) is 0 Å². The normalized spacial score (nSPS) is 18.9. The van der Waals surface area contributed by atoms with Gasteiger partial charge in [-0.15, -0.1) is 0 Å². The third-order valence-corrected chi connectivity index (χ3v) is 6.47. The van der Waals surface area contributed by atoms with Crippen LogP contribution in [0.2, 0.25) is 0 Å². The number of rotatable bonds is 4. The average Bonchev–Trinajstić information content (AvgIpc) is 3.43. The molecule has 2 aliphatic heterocycles. The minimum atomic E-state index is -0.250. The Hall–Kier alpha value is -3.13. The van der Waals surface area contributed by atoms with Crippen molar-refractivity contribution in [3.8, 4) is 11.1 Å². The number of nitrogens with zero attached hydrogens (tertiary/aromatic N) is 7. The standard InChI is InChI=1S/C23H24FN7/c1-29-13-16(12-28-29)18-9-19-15(8-20(18)24)11-25-23(19)21-10-22(27-14-26-21)31-6-4-30(5-7-31)17-2-3-17/h8-10,12-14,17H,2-7,11H2,1H3. The predicted octanol–water partition coefficient (Wildman–Crippen LogP) is 2.65. The van der Waals surface area contributed by atoms with Crippen molar-refractivity contribution in [2.75, 3.05) is 31.1 Å². The molecule has 1 saturated heterocycles. The van der Waals surface area contributed by atoms with Gasteiger partial charge in [0.1, 0.15) is 18.0 Å². The first-order valence-corrected chi connectivity index (χ1v) is 10.8. The first-order valence-electron chi connectivity index (χ1n) is 10.8. The van der Waals surface area contributed by atoms with E-state index < -0.39 is 0 Å². The highest BCUT2D eigenvalue weighted by Crippen LogP contribution is 2.32. The molecule has 0 amide bonds. The molecule has 3 aromatic rings. The van der Waals surface area contributed by atoms with Crippen molar-refractivity contribution in [3.63, 3.8) is 0 Å². The second-order valence-electron chi connectivity index (χ2n) is 8.57. The van der Waals surface area contributed by atoms with E-state index in [1.165, 1.54) is 12.8 Å². The quantitative estimate of drug-likeness (QED) is 0.653. The van der Waals surface area contributed by atoms with Gasteiger partial charge in [0.15, 0.2) is 0 Å². The summed E-state index contributed by atoms with van der Waals surface area (Å²) >= 11 is 0. The Bertz CT molecular complexity index is 1170. The number of fused-ring (bicyclic) bond motifs is 1. The highest BCUT2D eigenvalue weighted by molar-refractivity contribution is 6.14. The van der Waals surface area contributed by atoms with Gasteiger partial charge in [0, 0.05) is 68.2 Å².